The monoisotopic (exact) mass is 401 g/mol. The molecule has 0 atom stereocenters. The fraction of sp³-hybridized carbons (Fsp3) is 0.333. The number of carbonyl (C=O) groups is 1. The minimum Gasteiger partial charge on any atom is -0.343 e. The Kier molecular flexibility index (Phi) is 5.37. The number of para-hydroxylation sites is 2. The fourth-order valence-electron chi connectivity index (χ4n) is 3.68. The summed E-state index contributed by atoms with van der Waals surface area (Å²) >= 11 is 12.4. The number of aromatic nitrogens is 2. The molecule has 3 aromatic rings. The van der Waals surface area contributed by atoms with Crippen LogP contribution in [0, 0.1) is 0 Å². The van der Waals surface area contributed by atoms with Crippen molar-refractivity contribution in [3.63, 3.8) is 0 Å². The van der Waals surface area contributed by atoms with Gasteiger partial charge in [0.15, 0.2) is 0 Å². The van der Waals surface area contributed by atoms with Crippen LogP contribution in [0.2, 0.25) is 10.0 Å². The van der Waals surface area contributed by atoms with Gasteiger partial charge in [-0.05, 0) is 42.7 Å². The molecule has 6 heteroatoms. The van der Waals surface area contributed by atoms with E-state index in [0.717, 1.165) is 48.4 Å². The van der Waals surface area contributed by atoms with Crippen molar-refractivity contribution in [2.24, 2.45) is 0 Å². The average Bonchev–Trinajstić information content (AvgIpc) is 3.30. The first-order valence-corrected chi connectivity index (χ1v) is 10.0. The number of aryl methyl sites for hydroxylation is 1. The molecule has 0 unspecified atom stereocenters. The van der Waals surface area contributed by atoms with Crippen LogP contribution in [-0.2, 0) is 17.8 Å². The highest BCUT2D eigenvalue weighted by Crippen LogP contribution is 2.25. The standard InChI is InChI=1S/C21H21Cl2N3O/c22-16-8-7-15(17(23)14-16)13-20-24-18-5-1-2-6-19(18)26(20)12-9-21(27)25-10-3-4-11-25/h1-2,5-8,14H,3-4,9-13H2. The molecule has 27 heavy (non-hydrogen) atoms. The Balaban J connectivity index is 1.61. The molecule has 1 fully saturated rings. The number of nitrogens with zero attached hydrogens (tertiary/aromatic N) is 3. The van der Waals surface area contributed by atoms with Crippen LogP contribution in [0.25, 0.3) is 11.0 Å². The summed E-state index contributed by atoms with van der Waals surface area (Å²) in [6, 6.07) is 13.6. The zero-order valence-corrected chi connectivity index (χ0v) is 16.5. The van der Waals surface area contributed by atoms with E-state index in [1.54, 1.807) is 6.07 Å². The van der Waals surface area contributed by atoms with Crippen molar-refractivity contribution in [1.29, 1.82) is 0 Å². The predicted molar refractivity (Wildman–Crippen MR) is 109 cm³/mol. The van der Waals surface area contributed by atoms with E-state index in [1.807, 2.05) is 35.2 Å². The van der Waals surface area contributed by atoms with Gasteiger partial charge in [-0.1, -0.05) is 41.4 Å². The molecule has 4 rings (SSSR count). The molecule has 0 aliphatic carbocycles. The second-order valence-corrected chi connectivity index (χ2v) is 7.76. The molecule has 1 aliphatic heterocycles. The van der Waals surface area contributed by atoms with Crippen molar-refractivity contribution in [2.45, 2.75) is 32.2 Å². The Morgan fingerprint density at radius 1 is 1.07 bits per heavy atom. The molecule has 2 aromatic carbocycles. The Morgan fingerprint density at radius 3 is 2.63 bits per heavy atom. The third kappa shape index (κ3) is 3.97. The summed E-state index contributed by atoms with van der Waals surface area (Å²) in [5, 5.41) is 1.25. The number of rotatable bonds is 5. The van der Waals surface area contributed by atoms with Crippen molar-refractivity contribution >= 4 is 40.1 Å². The number of likely N-dealkylation sites (tertiary alicyclic amines) is 1. The van der Waals surface area contributed by atoms with Crippen molar-refractivity contribution < 1.29 is 4.79 Å². The van der Waals surface area contributed by atoms with Gasteiger partial charge in [0.25, 0.3) is 0 Å². The SMILES string of the molecule is O=C(CCn1c(Cc2ccc(Cl)cc2Cl)nc2ccccc21)N1CCCC1. The molecule has 140 valence electrons. The third-order valence-electron chi connectivity index (χ3n) is 5.11. The van der Waals surface area contributed by atoms with E-state index in [1.165, 1.54) is 0 Å². The average molecular weight is 402 g/mol. The Bertz CT molecular complexity index is 977. The zero-order valence-electron chi connectivity index (χ0n) is 15.0. The molecule has 0 bridgehead atoms. The molecule has 0 radical (unpaired) electrons. The first kappa shape index (κ1) is 18.3. The maximum absolute atomic E-state index is 12.5. The number of benzene rings is 2. The zero-order chi connectivity index (χ0) is 18.8. The molecular weight excluding hydrogens is 381 g/mol. The van der Waals surface area contributed by atoms with Crippen LogP contribution in [0.1, 0.15) is 30.7 Å². The summed E-state index contributed by atoms with van der Waals surface area (Å²) in [5.41, 5.74) is 2.96. The number of hydrogen-bond acceptors (Lipinski definition) is 2. The highest BCUT2D eigenvalue weighted by molar-refractivity contribution is 6.35. The molecule has 1 aromatic heterocycles. The second-order valence-electron chi connectivity index (χ2n) is 6.92. The first-order valence-electron chi connectivity index (χ1n) is 9.27. The smallest absolute Gasteiger partial charge is 0.224 e. The fourth-order valence-corrected chi connectivity index (χ4v) is 4.15. The summed E-state index contributed by atoms with van der Waals surface area (Å²) in [4.78, 5) is 19.3. The molecule has 0 N–H and O–H groups in total. The van der Waals surface area contributed by atoms with E-state index in [2.05, 4.69) is 10.6 Å². The normalized spacial score (nSPS) is 14.2. The van der Waals surface area contributed by atoms with Crippen molar-refractivity contribution in [3.05, 3.63) is 63.9 Å². The van der Waals surface area contributed by atoms with Gasteiger partial charge < -0.3 is 9.47 Å². The molecule has 4 nitrogen and oxygen atoms in total. The number of halogens is 2. The topological polar surface area (TPSA) is 38.1 Å². The summed E-state index contributed by atoms with van der Waals surface area (Å²) in [7, 11) is 0. The molecule has 1 aliphatic rings. The third-order valence-corrected chi connectivity index (χ3v) is 5.69. The van der Waals surface area contributed by atoms with E-state index >= 15 is 0 Å². The maximum Gasteiger partial charge on any atom is 0.224 e. The number of imidazole rings is 1. The lowest BCUT2D eigenvalue weighted by Crippen LogP contribution is -2.28. The van der Waals surface area contributed by atoms with Crippen molar-refractivity contribution in [3.8, 4) is 0 Å². The van der Waals surface area contributed by atoms with E-state index < -0.39 is 0 Å². The largest absolute Gasteiger partial charge is 0.343 e. The Hall–Kier alpha value is -2.04. The van der Waals surface area contributed by atoms with E-state index in [9.17, 15) is 4.79 Å². The number of hydrogen-bond donors (Lipinski definition) is 0. The number of amides is 1. The van der Waals surface area contributed by atoms with Gasteiger partial charge in [-0.15, -0.1) is 0 Å². The first-order chi connectivity index (χ1) is 13.1. The van der Waals surface area contributed by atoms with Gasteiger partial charge in [-0.2, -0.15) is 0 Å². The summed E-state index contributed by atoms with van der Waals surface area (Å²) in [6.45, 7) is 2.39. The van der Waals surface area contributed by atoms with Gasteiger partial charge in [0.05, 0.1) is 11.0 Å². The van der Waals surface area contributed by atoms with E-state index in [4.69, 9.17) is 28.2 Å². The van der Waals surface area contributed by atoms with Crippen LogP contribution in [0.4, 0.5) is 0 Å². The molecule has 1 amide bonds. The highest BCUT2D eigenvalue weighted by atomic mass is 35.5. The van der Waals surface area contributed by atoms with E-state index in [-0.39, 0.29) is 5.91 Å². The minimum absolute atomic E-state index is 0.223. The molecule has 2 heterocycles. The Morgan fingerprint density at radius 2 is 1.85 bits per heavy atom. The summed E-state index contributed by atoms with van der Waals surface area (Å²) < 4.78 is 2.15. The second kappa shape index (κ2) is 7.91. The maximum atomic E-state index is 12.5. The molecule has 1 saturated heterocycles. The van der Waals surface area contributed by atoms with Crippen LogP contribution in [0.15, 0.2) is 42.5 Å². The molecule has 0 spiro atoms. The van der Waals surface area contributed by atoms with Gasteiger partial charge >= 0.3 is 0 Å². The predicted octanol–water partition coefficient (Wildman–Crippen LogP) is 4.95. The minimum atomic E-state index is 0.223. The van der Waals surface area contributed by atoms with Crippen LogP contribution >= 0.6 is 23.2 Å². The summed E-state index contributed by atoms with van der Waals surface area (Å²) in [6.07, 6.45) is 3.31. The van der Waals surface area contributed by atoms with Crippen LogP contribution in [-0.4, -0.2) is 33.4 Å². The highest BCUT2D eigenvalue weighted by Gasteiger charge is 2.19. The van der Waals surface area contributed by atoms with Crippen LogP contribution < -0.4 is 0 Å². The molecular formula is C21H21Cl2N3O. The molecule has 0 saturated carbocycles. The van der Waals surface area contributed by atoms with Crippen molar-refractivity contribution in [1.82, 2.24) is 14.5 Å². The van der Waals surface area contributed by atoms with E-state index in [0.29, 0.717) is 29.4 Å². The number of carbonyl (C=O) groups excluding carboxylic acids is 1. The lowest BCUT2D eigenvalue weighted by Gasteiger charge is -2.16. The van der Waals surface area contributed by atoms with Gasteiger partial charge in [0.1, 0.15) is 5.82 Å². The van der Waals surface area contributed by atoms with Gasteiger partial charge in [-0.3, -0.25) is 4.79 Å². The lowest BCUT2D eigenvalue weighted by atomic mass is 10.1. The van der Waals surface area contributed by atoms with Gasteiger partial charge in [0.2, 0.25) is 5.91 Å². The van der Waals surface area contributed by atoms with Gasteiger partial charge in [-0.25, -0.2) is 4.98 Å². The van der Waals surface area contributed by atoms with Gasteiger partial charge in [0, 0.05) is 42.5 Å². The number of fused-ring (bicyclic) bond motifs is 1. The van der Waals surface area contributed by atoms with Crippen LogP contribution in [0.5, 0.6) is 0 Å². The van der Waals surface area contributed by atoms with Crippen LogP contribution in [0.3, 0.4) is 0 Å². The van der Waals surface area contributed by atoms with Crippen molar-refractivity contribution in [2.75, 3.05) is 13.1 Å². The quantitative estimate of drug-likeness (QED) is 0.606. The summed E-state index contributed by atoms with van der Waals surface area (Å²) in [5.74, 6) is 1.13. The Labute approximate surface area is 168 Å². The lowest BCUT2D eigenvalue weighted by molar-refractivity contribution is -0.130.